The third kappa shape index (κ3) is 2.85. The molecule has 0 N–H and O–H groups in total. The van der Waals surface area contributed by atoms with Crippen LogP contribution in [0.5, 0.6) is 0 Å². The summed E-state index contributed by atoms with van der Waals surface area (Å²) >= 11 is 0. The van der Waals surface area contributed by atoms with E-state index < -0.39 is 10.7 Å². The maximum atomic E-state index is 12.9. The monoisotopic (exact) mass is 225 g/mol. The van der Waals surface area contributed by atoms with E-state index in [0.29, 0.717) is 0 Å². The van der Waals surface area contributed by atoms with Crippen molar-refractivity contribution in [2.24, 2.45) is 5.92 Å². The lowest BCUT2D eigenvalue weighted by atomic mass is 10.00. The lowest BCUT2D eigenvalue weighted by Gasteiger charge is -2.05. The van der Waals surface area contributed by atoms with Crippen LogP contribution in [0.3, 0.4) is 0 Å². The number of nitro groups is 1. The lowest BCUT2D eigenvalue weighted by Crippen LogP contribution is -2.11. The fraction of sp³-hybridized carbons (Fsp3) is 0.364. The van der Waals surface area contributed by atoms with E-state index in [9.17, 15) is 19.3 Å². The Labute approximate surface area is 92.2 Å². The summed E-state index contributed by atoms with van der Waals surface area (Å²) in [6, 6.07) is 3.14. The predicted molar refractivity (Wildman–Crippen MR) is 56.6 cm³/mol. The number of carbonyl (C=O) groups excluding carboxylic acids is 1. The van der Waals surface area contributed by atoms with Crippen LogP contribution in [0.2, 0.25) is 0 Å². The number of Topliss-reactive ketones (excluding diaryl/α,β-unsaturated/α-hetero) is 1. The molecule has 0 bridgehead atoms. The Hall–Kier alpha value is -1.78. The average Bonchev–Trinajstić information content (AvgIpc) is 2.16. The summed E-state index contributed by atoms with van der Waals surface area (Å²) in [4.78, 5) is 21.5. The zero-order valence-corrected chi connectivity index (χ0v) is 9.07. The first-order valence-corrected chi connectivity index (χ1v) is 4.87. The zero-order valence-electron chi connectivity index (χ0n) is 9.07. The zero-order chi connectivity index (χ0) is 12.3. The molecule has 0 amide bonds. The predicted octanol–water partition coefficient (Wildman–Crippen LogP) is 2.50. The highest BCUT2D eigenvalue weighted by atomic mass is 19.1. The minimum absolute atomic E-state index is 0.105. The van der Waals surface area contributed by atoms with Crippen molar-refractivity contribution >= 4 is 11.5 Å². The van der Waals surface area contributed by atoms with E-state index in [1.165, 1.54) is 0 Å². The summed E-state index contributed by atoms with van der Waals surface area (Å²) in [6.45, 7) is 3.40. The molecule has 5 heteroatoms. The van der Waals surface area contributed by atoms with Crippen LogP contribution < -0.4 is 0 Å². The van der Waals surface area contributed by atoms with E-state index in [1.807, 2.05) is 0 Å². The molecule has 86 valence electrons. The molecular formula is C11H12FNO3. The maximum Gasteiger partial charge on any atom is 0.273 e. The Morgan fingerprint density at radius 1 is 1.50 bits per heavy atom. The quantitative estimate of drug-likeness (QED) is 0.584. The van der Waals surface area contributed by atoms with Gasteiger partial charge in [0, 0.05) is 24.0 Å². The molecule has 0 fully saturated rings. The number of ketones is 1. The van der Waals surface area contributed by atoms with Crippen LogP contribution in [0.25, 0.3) is 0 Å². The molecule has 0 radical (unpaired) electrons. The van der Waals surface area contributed by atoms with Crippen molar-refractivity contribution in [2.75, 3.05) is 0 Å². The van der Waals surface area contributed by atoms with Crippen molar-refractivity contribution in [3.63, 3.8) is 0 Å². The van der Waals surface area contributed by atoms with E-state index in [1.54, 1.807) is 13.8 Å². The highest BCUT2D eigenvalue weighted by Gasteiger charge is 2.18. The standard InChI is InChI=1S/C11H12FNO3/c1-7(2)11(14)6-8-5-9(12)3-4-10(8)13(15)16/h3-5,7H,6H2,1-2H3. The summed E-state index contributed by atoms with van der Waals surface area (Å²) in [5.74, 6) is -0.936. The normalized spacial score (nSPS) is 10.5. The Kier molecular flexibility index (Phi) is 3.71. The summed E-state index contributed by atoms with van der Waals surface area (Å²) in [5, 5.41) is 10.7. The van der Waals surface area contributed by atoms with Crippen molar-refractivity contribution in [2.45, 2.75) is 20.3 Å². The van der Waals surface area contributed by atoms with E-state index in [2.05, 4.69) is 0 Å². The second-order valence-electron chi connectivity index (χ2n) is 3.83. The largest absolute Gasteiger partial charge is 0.299 e. The van der Waals surface area contributed by atoms with E-state index in [4.69, 9.17) is 0 Å². The van der Waals surface area contributed by atoms with Gasteiger partial charge in [-0.1, -0.05) is 13.8 Å². The molecule has 0 atom stereocenters. The number of carbonyl (C=O) groups is 1. The molecule has 0 saturated carbocycles. The second kappa shape index (κ2) is 4.83. The number of nitrogens with zero attached hydrogens (tertiary/aromatic N) is 1. The highest BCUT2D eigenvalue weighted by Crippen LogP contribution is 2.21. The molecule has 1 aromatic rings. The van der Waals surface area contributed by atoms with Crippen molar-refractivity contribution in [3.05, 3.63) is 39.7 Å². The summed E-state index contributed by atoms with van der Waals surface area (Å²) < 4.78 is 12.9. The van der Waals surface area contributed by atoms with Gasteiger partial charge in [-0.15, -0.1) is 0 Å². The van der Waals surface area contributed by atoms with Crippen LogP contribution in [0.1, 0.15) is 19.4 Å². The molecule has 0 saturated heterocycles. The highest BCUT2D eigenvalue weighted by molar-refractivity contribution is 5.83. The number of benzene rings is 1. The first-order chi connectivity index (χ1) is 7.41. The minimum atomic E-state index is -0.609. The Balaban J connectivity index is 3.06. The van der Waals surface area contributed by atoms with Crippen LogP contribution in [-0.4, -0.2) is 10.7 Å². The minimum Gasteiger partial charge on any atom is -0.299 e. The maximum absolute atomic E-state index is 12.9. The molecule has 16 heavy (non-hydrogen) atoms. The first-order valence-electron chi connectivity index (χ1n) is 4.87. The fourth-order valence-corrected chi connectivity index (χ4v) is 1.27. The fourth-order valence-electron chi connectivity index (χ4n) is 1.27. The Morgan fingerprint density at radius 3 is 2.62 bits per heavy atom. The van der Waals surface area contributed by atoms with E-state index in [-0.39, 0.29) is 29.4 Å². The molecule has 0 aromatic heterocycles. The number of hydrogen-bond acceptors (Lipinski definition) is 3. The van der Waals surface area contributed by atoms with Crippen molar-refractivity contribution in [1.29, 1.82) is 0 Å². The number of rotatable bonds is 4. The second-order valence-corrected chi connectivity index (χ2v) is 3.83. The number of hydrogen-bond donors (Lipinski definition) is 0. The molecule has 4 nitrogen and oxygen atoms in total. The molecule has 0 aliphatic rings. The Morgan fingerprint density at radius 2 is 2.12 bits per heavy atom. The first kappa shape index (κ1) is 12.3. The van der Waals surface area contributed by atoms with Gasteiger partial charge < -0.3 is 0 Å². The smallest absolute Gasteiger partial charge is 0.273 e. The van der Waals surface area contributed by atoms with Gasteiger partial charge in [0.2, 0.25) is 0 Å². The van der Waals surface area contributed by atoms with Crippen LogP contribution in [-0.2, 0) is 11.2 Å². The van der Waals surface area contributed by atoms with Gasteiger partial charge in [0.1, 0.15) is 11.6 Å². The molecule has 0 heterocycles. The molecule has 1 aromatic carbocycles. The lowest BCUT2D eigenvalue weighted by molar-refractivity contribution is -0.385. The summed E-state index contributed by atoms with van der Waals surface area (Å²) in [6.07, 6.45) is -0.105. The topological polar surface area (TPSA) is 60.2 Å². The van der Waals surface area contributed by atoms with Crippen molar-refractivity contribution in [3.8, 4) is 0 Å². The SMILES string of the molecule is CC(C)C(=O)Cc1cc(F)ccc1[N+](=O)[O-]. The van der Waals surface area contributed by atoms with Crippen LogP contribution in [0.4, 0.5) is 10.1 Å². The Bertz CT molecular complexity index is 429. The average molecular weight is 225 g/mol. The third-order valence-corrected chi connectivity index (χ3v) is 2.25. The van der Waals surface area contributed by atoms with Crippen molar-refractivity contribution in [1.82, 2.24) is 0 Å². The molecular weight excluding hydrogens is 213 g/mol. The van der Waals surface area contributed by atoms with Gasteiger partial charge in [-0.05, 0) is 12.1 Å². The molecule has 1 rings (SSSR count). The number of nitro benzene ring substituents is 1. The van der Waals surface area contributed by atoms with Gasteiger partial charge in [0.05, 0.1) is 4.92 Å². The van der Waals surface area contributed by atoms with Gasteiger partial charge in [-0.25, -0.2) is 4.39 Å². The molecule has 0 aliphatic heterocycles. The van der Waals surface area contributed by atoms with E-state index in [0.717, 1.165) is 18.2 Å². The van der Waals surface area contributed by atoms with E-state index >= 15 is 0 Å². The third-order valence-electron chi connectivity index (χ3n) is 2.25. The molecule has 0 unspecified atom stereocenters. The number of halogens is 1. The summed E-state index contributed by atoms with van der Waals surface area (Å²) in [5.41, 5.74) is -0.0842. The summed E-state index contributed by atoms with van der Waals surface area (Å²) in [7, 11) is 0. The molecule has 0 aliphatic carbocycles. The van der Waals surface area contributed by atoms with Gasteiger partial charge in [0.25, 0.3) is 5.69 Å². The van der Waals surface area contributed by atoms with Gasteiger partial charge in [0.15, 0.2) is 0 Å². The van der Waals surface area contributed by atoms with Crippen molar-refractivity contribution < 1.29 is 14.1 Å². The van der Waals surface area contributed by atoms with Gasteiger partial charge >= 0.3 is 0 Å². The van der Waals surface area contributed by atoms with Crippen LogP contribution in [0, 0.1) is 21.8 Å². The van der Waals surface area contributed by atoms with Crippen LogP contribution >= 0.6 is 0 Å². The van der Waals surface area contributed by atoms with Gasteiger partial charge in [-0.3, -0.25) is 14.9 Å². The van der Waals surface area contributed by atoms with Crippen LogP contribution in [0.15, 0.2) is 18.2 Å². The molecule has 0 spiro atoms. The van der Waals surface area contributed by atoms with Gasteiger partial charge in [-0.2, -0.15) is 0 Å².